The number of carbonyl (C=O) groups is 2. The van der Waals surface area contributed by atoms with Crippen molar-refractivity contribution in [1.29, 1.82) is 0 Å². The van der Waals surface area contributed by atoms with E-state index in [0.717, 1.165) is 0 Å². The topological polar surface area (TPSA) is 106 Å². The SMILES string of the molecule is C=CCNc1nc(C(=O)OC(C)C(=O)Nc2cc(C)on2)cs1. The van der Waals surface area contributed by atoms with Gasteiger partial charge in [-0.1, -0.05) is 11.2 Å². The lowest BCUT2D eigenvalue weighted by Gasteiger charge is -2.11. The molecule has 0 fully saturated rings. The van der Waals surface area contributed by atoms with Crippen molar-refractivity contribution in [2.45, 2.75) is 20.0 Å². The highest BCUT2D eigenvalue weighted by Gasteiger charge is 2.21. The Morgan fingerprint density at radius 2 is 2.35 bits per heavy atom. The van der Waals surface area contributed by atoms with Crippen LogP contribution < -0.4 is 10.6 Å². The van der Waals surface area contributed by atoms with Crippen LogP contribution >= 0.6 is 11.3 Å². The van der Waals surface area contributed by atoms with E-state index in [4.69, 9.17) is 9.26 Å². The molecular formula is C14H16N4O4S. The summed E-state index contributed by atoms with van der Waals surface area (Å²) in [6, 6.07) is 1.56. The van der Waals surface area contributed by atoms with Crippen molar-refractivity contribution in [3.8, 4) is 0 Å². The molecule has 8 nitrogen and oxygen atoms in total. The molecular weight excluding hydrogens is 320 g/mol. The minimum absolute atomic E-state index is 0.137. The summed E-state index contributed by atoms with van der Waals surface area (Å²) >= 11 is 1.26. The van der Waals surface area contributed by atoms with E-state index in [0.29, 0.717) is 17.4 Å². The number of hydrogen-bond acceptors (Lipinski definition) is 8. The first-order valence-corrected chi connectivity index (χ1v) is 7.63. The van der Waals surface area contributed by atoms with Crippen LogP contribution in [0.25, 0.3) is 0 Å². The summed E-state index contributed by atoms with van der Waals surface area (Å²) in [5.74, 6) is -0.356. The maximum absolute atomic E-state index is 12.0. The fourth-order valence-corrected chi connectivity index (χ4v) is 2.23. The second-order valence-corrected chi connectivity index (χ2v) is 5.43. The molecule has 0 aromatic carbocycles. The van der Waals surface area contributed by atoms with Gasteiger partial charge in [-0.2, -0.15) is 0 Å². The van der Waals surface area contributed by atoms with Gasteiger partial charge >= 0.3 is 5.97 Å². The summed E-state index contributed by atoms with van der Waals surface area (Å²) in [5.41, 5.74) is 0.137. The minimum Gasteiger partial charge on any atom is -0.448 e. The first kappa shape index (κ1) is 16.7. The minimum atomic E-state index is -0.995. The van der Waals surface area contributed by atoms with E-state index >= 15 is 0 Å². The number of hydrogen-bond donors (Lipinski definition) is 2. The molecule has 2 aromatic rings. The third kappa shape index (κ3) is 4.65. The van der Waals surface area contributed by atoms with Gasteiger partial charge in [-0.15, -0.1) is 17.9 Å². The fourth-order valence-electron chi connectivity index (χ4n) is 1.54. The molecule has 122 valence electrons. The quantitative estimate of drug-likeness (QED) is 0.590. The molecule has 0 radical (unpaired) electrons. The van der Waals surface area contributed by atoms with Gasteiger partial charge in [-0.25, -0.2) is 9.78 Å². The zero-order valence-corrected chi connectivity index (χ0v) is 13.5. The number of aryl methyl sites for hydroxylation is 1. The standard InChI is InChI=1S/C14H16N4O4S/c1-4-5-15-14-16-10(7-23-14)13(20)21-9(3)12(19)17-11-6-8(2)22-18-11/h4,6-7,9H,1,5H2,2-3H3,(H,15,16)(H,17,18,19). The molecule has 2 aromatic heterocycles. The molecule has 1 unspecified atom stereocenters. The molecule has 0 spiro atoms. The summed E-state index contributed by atoms with van der Waals surface area (Å²) in [7, 11) is 0. The molecule has 2 rings (SSSR count). The molecule has 1 amide bonds. The summed E-state index contributed by atoms with van der Waals surface area (Å²) < 4.78 is 9.92. The summed E-state index contributed by atoms with van der Waals surface area (Å²) in [6.07, 6.45) is 0.683. The van der Waals surface area contributed by atoms with Crippen LogP contribution in [-0.2, 0) is 9.53 Å². The Kier molecular flexibility index (Phi) is 5.47. The van der Waals surface area contributed by atoms with Gasteiger partial charge < -0.3 is 19.9 Å². The molecule has 0 saturated heterocycles. The Hall–Kier alpha value is -2.68. The number of nitrogens with zero attached hydrogens (tertiary/aromatic N) is 2. The fraction of sp³-hybridized carbons (Fsp3) is 0.286. The Balaban J connectivity index is 1.89. The van der Waals surface area contributed by atoms with Gasteiger partial charge in [0.1, 0.15) is 5.76 Å². The molecule has 0 aliphatic rings. The van der Waals surface area contributed by atoms with Crippen LogP contribution in [0.1, 0.15) is 23.2 Å². The van der Waals surface area contributed by atoms with Crippen molar-refractivity contribution in [3.63, 3.8) is 0 Å². The molecule has 2 heterocycles. The van der Waals surface area contributed by atoms with Gasteiger partial charge in [0.2, 0.25) is 0 Å². The third-order valence-electron chi connectivity index (χ3n) is 2.64. The van der Waals surface area contributed by atoms with E-state index in [1.165, 1.54) is 18.3 Å². The van der Waals surface area contributed by atoms with Crippen molar-refractivity contribution >= 4 is 34.2 Å². The Bertz CT molecular complexity index is 709. The maximum Gasteiger partial charge on any atom is 0.358 e. The predicted octanol–water partition coefficient (Wildman–Crippen LogP) is 2.22. The maximum atomic E-state index is 12.0. The Morgan fingerprint density at radius 3 is 3.00 bits per heavy atom. The molecule has 9 heteroatoms. The average Bonchev–Trinajstić information content (AvgIpc) is 3.14. The summed E-state index contributed by atoms with van der Waals surface area (Å²) in [5, 5.41) is 11.2. The normalized spacial score (nSPS) is 11.6. The van der Waals surface area contributed by atoms with Gasteiger partial charge in [0, 0.05) is 18.0 Å². The second kappa shape index (κ2) is 7.54. The number of rotatable bonds is 7. The molecule has 2 N–H and O–H groups in total. The molecule has 0 bridgehead atoms. The smallest absolute Gasteiger partial charge is 0.358 e. The van der Waals surface area contributed by atoms with Crippen molar-refractivity contribution in [1.82, 2.24) is 10.1 Å². The Labute approximate surface area is 136 Å². The van der Waals surface area contributed by atoms with E-state index in [1.807, 2.05) is 0 Å². The average molecular weight is 336 g/mol. The highest BCUT2D eigenvalue weighted by atomic mass is 32.1. The van der Waals surface area contributed by atoms with Crippen molar-refractivity contribution in [2.24, 2.45) is 0 Å². The van der Waals surface area contributed by atoms with Crippen LogP contribution in [0.3, 0.4) is 0 Å². The number of amides is 1. The van der Waals surface area contributed by atoms with Crippen LogP contribution in [0.15, 0.2) is 28.6 Å². The number of nitrogens with one attached hydrogen (secondary N) is 2. The summed E-state index contributed by atoms with van der Waals surface area (Å²) in [4.78, 5) is 28.0. The Morgan fingerprint density at radius 1 is 1.57 bits per heavy atom. The lowest BCUT2D eigenvalue weighted by Crippen LogP contribution is -2.30. The lowest BCUT2D eigenvalue weighted by atomic mass is 10.3. The van der Waals surface area contributed by atoms with Crippen LogP contribution in [0.2, 0.25) is 0 Å². The predicted molar refractivity (Wildman–Crippen MR) is 85.5 cm³/mol. The number of anilines is 2. The van der Waals surface area contributed by atoms with Gasteiger partial charge in [0.15, 0.2) is 22.7 Å². The van der Waals surface area contributed by atoms with Crippen LogP contribution in [-0.4, -0.2) is 34.7 Å². The van der Waals surface area contributed by atoms with E-state index < -0.39 is 18.0 Å². The van der Waals surface area contributed by atoms with E-state index in [-0.39, 0.29) is 11.5 Å². The summed E-state index contributed by atoms with van der Waals surface area (Å²) in [6.45, 7) is 7.28. The first-order valence-electron chi connectivity index (χ1n) is 6.75. The molecule has 1 atom stereocenters. The van der Waals surface area contributed by atoms with Gasteiger partial charge in [-0.05, 0) is 13.8 Å². The highest BCUT2D eigenvalue weighted by molar-refractivity contribution is 7.13. The van der Waals surface area contributed by atoms with Gasteiger partial charge in [0.05, 0.1) is 0 Å². The third-order valence-corrected chi connectivity index (χ3v) is 3.44. The lowest BCUT2D eigenvalue weighted by molar-refractivity contribution is -0.123. The van der Waals surface area contributed by atoms with Crippen LogP contribution in [0, 0.1) is 6.92 Å². The largest absolute Gasteiger partial charge is 0.448 e. The second-order valence-electron chi connectivity index (χ2n) is 4.57. The number of esters is 1. The molecule has 0 aliphatic carbocycles. The van der Waals surface area contributed by atoms with Crippen molar-refractivity contribution in [3.05, 3.63) is 35.6 Å². The van der Waals surface area contributed by atoms with Crippen molar-refractivity contribution < 1.29 is 18.8 Å². The van der Waals surface area contributed by atoms with E-state index in [2.05, 4.69) is 27.4 Å². The number of thiazole rings is 1. The van der Waals surface area contributed by atoms with Crippen LogP contribution in [0.5, 0.6) is 0 Å². The zero-order chi connectivity index (χ0) is 16.8. The van der Waals surface area contributed by atoms with E-state index in [1.54, 1.807) is 24.4 Å². The van der Waals surface area contributed by atoms with E-state index in [9.17, 15) is 9.59 Å². The monoisotopic (exact) mass is 336 g/mol. The molecule has 0 saturated carbocycles. The number of carbonyl (C=O) groups excluding carboxylic acids is 2. The number of aromatic nitrogens is 2. The highest BCUT2D eigenvalue weighted by Crippen LogP contribution is 2.16. The number of ether oxygens (including phenoxy) is 1. The zero-order valence-electron chi connectivity index (χ0n) is 12.7. The molecule has 0 aliphatic heterocycles. The van der Waals surface area contributed by atoms with Gasteiger partial charge in [0.25, 0.3) is 5.91 Å². The van der Waals surface area contributed by atoms with Crippen LogP contribution in [0.4, 0.5) is 10.9 Å². The van der Waals surface area contributed by atoms with Gasteiger partial charge in [-0.3, -0.25) is 4.79 Å². The van der Waals surface area contributed by atoms with Crippen molar-refractivity contribution in [2.75, 3.05) is 17.2 Å². The molecule has 23 heavy (non-hydrogen) atoms. The first-order chi connectivity index (χ1) is 11.0.